The molecule has 0 spiro atoms. The summed E-state index contributed by atoms with van der Waals surface area (Å²) in [5.74, 6) is 1.29. The van der Waals surface area contributed by atoms with Crippen LogP contribution in [0, 0.1) is 6.92 Å². The van der Waals surface area contributed by atoms with Gasteiger partial charge in [0, 0.05) is 15.6 Å². The summed E-state index contributed by atoms with van der Waals surface area (Å²) in [6, 6.07) is 26.4. The average Bonchev–Trinajstić information content (AvgIpc) is 3.39. The highest BCUT2D eigenvalue weighted by Crippen LogP contribution is 2.49. The number of anilines is 2. The summed E-state index contributed by atoms with van der Waals surface area (Å²) in [6.07, 6.45) is 0. The first kappa shape index (κ1) is 29.9. The lowest BCUT2D eigenvalue weighted by molar-refractivity contribution is -0.110. The standard InChI is InChI=1S/C35H30BrN5O4S/c1-20(2)22-9-14-25(15-10-22)46(43,44)26-16-12-24(13-17-26)41-33-31(21(3)39-41)32(27-19-23(36)11-18-30(27)45-4)40-29-8-6-5-7-28(29)37-35(42)34(40)38-33/h5-20,32H,1-4H3,(H,37,42). The second-order valence-corrected chi connectivity index (χ2v) is 14.4. The highest BCUT2D eigenvalue weighted by Gasteiger charge is 2.43. The van der Waals surface area contributed by atoms with E-state index in [-0.39, 0.29) is 21.5 Å². The zero-order valence-electron chi connectivity index (χ0n) is 25.5. The largest absolute Gasteiger partial charge is 0.496 e. The molecule has 0 fully saturated rings. The SMILES string of the molecule is COc1ccc(Br)cc1C1c2c(C)nn(-c3ccc(S(=O)(=O)c4ccc(C(C)C)cc4)cc3)c2N=C2C(=O)Nc3ccccc3N21. The summed E-state index contributed by atoms with van der Waals surface area (Å²) in [5.41, 5.74) is 5.47. The first-order valence-electron chi connectivity index (χ1n) is 14.7. The lowest BCUT2D eigenvalue weighted by Crippen LogP contribution is -2.48. The predicted molar refractivity (Wildman–Crippen MR) is 181 cm³/mol. The Balaban J connectivity index is 1.37. The normalized spacial score (nSPS) is 15.5. The Bertz CT molecular complexity index is 2160. The van der Waals surface area contributed by atoms with E-state index < -0.39 is 15.9 Å². The highest BCUT2D eigenvalue weighted by molar-refractivity contribution is 9.10. The van der Waals surface area contributed by atoms with Crippen LogP contribution in [0.4, 0.5) is 17.2 Å². The van der Waals surface area contributed by atoms with E-state index in [0.717, 1.165) is 26.9 Å². The molecular weight excluding hydrogens is 666 g/mol. The Morgan fingerprint density at radius 2 is 1.61 bits per heavy atom. The number of hydrogen-bond acceptors (Lipinski definition) is 7. The number of carbonyl (C=O) groups is 1. The zero-order chi connectivity index (χ0) is 32.3. The number of halogens is 1. The van der Waals surface area contributed by atoms with Crippen molar-refractivity contribution in [2.24, 2.45) is 4.99 Å². The van der Waals surface area contributed by atoms with Gasteiger partial charge in [-0.25, -0.2) is 18.1 Å². The molecule has 5 aromatic rings. The van der Waals surface area contributed by atoms with Gasteiger partial charge in [0.1, 0.15) is 5.75 Å². The lowest BCUT2D eigenvalue weighted by Gasteiger charge is -2.40. The fraction of sp³-hybridized carbons (Fsp3) is 0.171. The second-order valence-electron chi connectivity index (χ2n) is 11.5. The molecule has 1 atom stereocenters. The van der Waals surface area contributed by atoms with E-state index >= 15 is 0 Å². The van der Waals surface area contributed by atoms with Crippen molar-refractivity contribution in [3.05, 3.63) is 118 Å². The van der Waals surface area contributed by atoms with Crippen molar-refractivity contribution < 1.29 is 17.9 Å². The predicted octanol–water partition coefficient (Wildman–Crippen LogP) is 7.50. The number of ether oxygens (including phenoxy) is 1. The number of aryl methyl sites for hydroxylation is 1. The van der Waals surface area contributed by atoms with Crippen LogP contribution in [0.25, 0.3) is 5.69 Å². The minimum atomic E-state index is -3.74. The molecule has 2 aliphatic heterocycles. The summed E-state index contributed by atoms with van der Waals surface area (Å²) >= 11 is 3.62. The van der Waals surface area contributed by atoms with Crippen LogP contribution in [0.3, 0.4) is 0 Å². The van der Waals surface area contributed by atoms with Crippen molar-refractivity contribution in [1.82, 2.24) is 9.78 Å². The third kappa shape index (κ3) is 4.81. The molecule has 0 bridgehead atoms. The van der Waals surface area contributed by atoms with Crippen LogP contribution >= 0.6 is 15.9 Å². The van der Waals surface area contributed by atoms with E-state index in [1.165, 1.54) is 0 Å². The maximum absolute atomic E-state index is 13.6. The Labute approximate surface area is 275 Å². The fourth-order valence-electron chi connectivity index (χ4n) is 6.07. The molecule has 1 aromatic heterocycles. The third-order valence-electron chi connectivity index (χ3n) is 8.40. The van der Waals surface area contributed by atoms with Crippen LogP contribution in [0.1, 0.15) is 48.2 Å². The van der Waals surface area contributed by atoms with Crippen molar-refractivity contribution in [2.45, 2.75) is 42.5 Å². The van der Waals surface area contributed by atoms with Gasteiger partial charge in [-0.05, 0) is 85.1 Å². The third-order valence-corrected chi connectivity index (χ3v) is 10.7. The van der Waals surface area contributed by atoms with E-state index in [1.807, 2.05) is 66.4 Å². The summed E-state index contributed by atoms with van der Waals surface area (Å²) in [6.45, 7) is 6.04. The molecule has 9 nitrogen and oxygen atoms in total. The van der Waals surface area contributed by atoms with Gasteiger partial charge in [-0.1, -0.05) is 54.0 Å². The first-order chi connectivity index (χ1) is 22.1. The van der Waals surface area contributed by atoms with E-state index in [9.17, 15) is 13.2 Å². The fourth-order valence-corrected chi connectivity index (χ4v) is 7.71. The summed E-state index contributed by atoms with van der Waals surface area (Å²) in [7, 11) is -2.12. The van der Waals surface area contributed by atoms with Crippen molar-refractivity contribution in [3.63, 3.8) is 0 Å². The van der Waals surface area contributed by atoms with Crippen molar-refractivity contribution in [3.8, 4) is 11.4 Å². The number of para-hydroxylation sites is 2. The molecule has 1 amide bonds. The number of aliphatic imine (C=N–C) groups is 1. The molecule has 0 radical (unpaired) electrons. The molecule has 2 aliphatic rings. The van der Waals surface area contributed by atoms with Gasteiger partial charge < -0.3 is 15.0 Å². The summed E-state index contributed by atoms with van der Waals surface area (Å²) in [4.78, 5) is 20.8. The molecule has 4 aromatic carbocycles. The van der Waals surface area contributed by atoms with Gasteiger partial charge in [0.05, 0.1) is 45.7 Å². The van der Waals surface area contributed by atoms with E-state index in [4.69, 9.17) is 14.8 Å². The number of nitrogens with zero attached hydrogens (tertiary/aromatic N) is 4. The Morgan fingerprint density at radius 3 is 2.28 bits per heavy atom. The molecule has 1 unspecified atom stereocenters. The number of fused-ring (bicyclic) bond motifs is 4. The Hall–Kier alpha value is -4.74. The highest BCUT2D eigenvalue weighted by atomic mass is 79.9. The van der Waals surface area contributed by atoms with Crippen LogP contribution in [0.2, 0.25) is 0 Å². The van der Waals surface area contributed by atoms with Crippen molar-refractivity contribution in [1.29, 1.82) is 0 Å². The molecule has 0 saturated carbocycles. The number of amides is 1. The van der Waals surface area contributed by atoms with Gasteiger partial charge in [0.2, 0.25) is 15.7 Å². The number of aromatic nitrogens is 2. The Morgan fingerprint density at radius 1 is 0.935 bits per heavy atom. The van der Waals surface area contributed by atoms with Crippen LogP contribution < -0.4 is 15.0 Å². The van der Waals surface area contributed by atoms with Gasteiger partial charge >= 0.3 is 0 Å². The molecule has 11 heteroatoms. The number of nitrogens with one attached hydrogen (secondary N) is 1. The van der Waals surface area contributed by atoms with E-state index in [0.29, 0.717) is 34.6 Å². The lowest BCUT2D eigenvalue weighted by atomic mass is 9.92. The molecule has 1 N–H and O–H groups in total. The van der Waals surface area contributed by atoms with Gasteiger partial charge in [-0.2, -0.15) is 5.10 Å². The molecule has 232 valence electrons. The van der Waals surface area contributed by atoms with Crippen LogP contribution in [0.5, 0.6) is 5.75 Å². The maximum Gasteiger partial charge on any atom is 0.291 e. The van der Waals surface area contributed by atoms with Gasteiger partial charge in [0.15, 0.2) is 5.82 Å². The van der Waals surface area contributed by atoms with Crippen LogP contribution in [-0.4, -0.2) is 37.1 Å². The minimum Gasteiger partial charge on any atom is -0.496 e. The maximum atomic E-state index is 13.6. The number of carbonyl (C=O) groups excluding carboxylic acids is 1. The van der Waals surface area contributed by atoms with Crippen molar-refractivity contribution >= 4 is 54.7 Å². The number of rotatable bonds is 6. The van der Waals surface area contributed by atoms with E-state index in [2.05, 4.69) is 35.1 Å². The summed E-state index contributed by atoms with van der Waals surface area (Å²) < 4.78 is 35.3. The monoisotopic (exact) mass is 695 g/mol. The van der Waals surface area contributed by atoms with Gasteiger partial charge in [-0.3, -0.25) is 4.79 Å². The molecule has 0 saturated heterocycles. The van der Waals surface area contributed by atoms with E-state index in [1.54, 1.807) is 48.2 Å². The minimum absolute atomic E-state index is 0.170. The number of sulfone groups is 1. The number of amidine groups is 1. The first-order valence-corrected chi connectivity index (χ1v) is 17.0. The van der Waals surface area contributed by atoms with Crippen LogP contribution in [0.15, 0.2) is 110 Å². The Kier molecular flexibility index (Phi) is 7.32. The molecule has 3 heterocycles. The van der Waals surface area contributed by atoms with Crippen LogP contribution in [-0.2, 0) is 14.6 Å². The number of hydrogen-bond donors (Lipinski definition) is 1. The summed E-state index contributed by atoms with van der Waals surface area (Å²) in [5, 5.41) is 7.85. The molecule has 46 heavy (non-hydrogen) atoms. The zero-order valence-corrected chi connectivity index (χ0v) is 27.9. The smallest absolute Gasteiger partial charge is 0.291 e. The topological polar surface area (TPSA) is 106 Å². The van der Waals surface area contributed by atoms with Gasteiger partial charge in [-0.15, -0.1) is 0 Å². The number of benzene rings is 4. The average molecular weight is 697 g/mol. The number of methoxy groups -OCH3 is 1. The quantitative estimate of drug-likeness (QED) is 0.197. The molecule has 0 aliphatic carbocycles. The van der Waals surface area contributed by atoms with Gasteiger partial charge in [0.25, 0.3) is 5.91 Å². The van der Waals surface area contributed by atoms with Crippen molar-refractivity contribution in [2.75, 3.05) is 17.3 Å². The molecule has 7 rings (SSSR count). The second kappa shape index (κ2) is 11.3. The molecular formula is C35H30BrN5O4S.